The topological polar surface area (TPSA) is 46.9 Å². The maximum absolute atomic E-state index is 12.1. The van der Waals surface area contributed by atoms with E-state index in [1.807, 2.05) is 27.7 Å². The first-order valence-electron chi connectivity index (χ1n) is 5.77. The highest BCUT2D eigenvalue weighted by atomic mass is 35.5. The molecule has 4 nitrogen and oxygen atoms in total. The van der Waals surface area contributed by atoms with Crippen molar-refractivity contribution in [2.75, 3.05) is 7.05 Å². The molecule has 0 fully saturated rings. The van der Waals surface area contributed by atoms with Crippen LogP contribution in [0.2, 0.25) is 5.02 Å². The lowest BCUT2D eigenvalue weighted by atomic mass is 9.95. The fourth-order valence-corrected chi connectivity index (χ4v) is 1.75. The first-order valence-corrected chi connectivity index (χ1v) is 6.15. The number of aryl methyl sites for hydroxylation is 2. The highest BCUT2D eigenvalue weighted by Crippen LogP contribution is 2.22. The molecule has 0 bridgehead atoms. The Morgan fingerprint density at radius 3 is 2.59 bits per heavy atom. The Morgan fingerprint density at radius 2 is 2.12 bits per heavy atom. The summed E-state index contributed by atoms with van der Waals surface area (Å²) in [5.41, 5.74) is 1.04. The molecule has 0 aliphatic heterocycles. The zero-order valence-corrected chi connectivity index (χ0v) is 11.9. The van der Waals surface area contributed by atoms with E-state index in [0.29, 0.717) is 11.4 Å². The molecule has 0 spiro atoms. The molecule has 1 N–H and O–H groups in total. The molecule has 0 aromatic carbocycles. The maximum atomic E-state index is 12.1. The summed E-state index contributed by atoms with van der Waals surface area (Å²) < 4.78 is 1.79. The van der Waals surface area contributed by atoms with Crippen molar-refractivity contribution in [2.24, 2.45) is 0 Å². The minimum absolute atomic E-state index is 0.108. The molecule has 5 heteroatoms. The van der Waals surface area contributed by atoms with E-state index >= 15 is 0 Å². The van der Waals surface area contributed by atoms with Gasteiger partial charge in [0, 0.05) is 6.54 Å². The molecule has 1 aromatic rings. The van der Waals surface area contributed by atoms with Gasteiger partial charge in [-0.3, -0.25) is 9.48 Å². The fraction of sp³-hybridized carbons (Fsp3) is 0.667. The van der Waals surface area contributed by atoms with E-state index < -0.39 is 5.54 Å². The van der Waals surface area contributed by atoms with Gasteiger partial charge < -0.3 is 5.32 Å². The Labute approximate surface area is 107 Å². The summed E-state index contributed by atoms with van der Waals surface area (Å²) in [5, 5.41) is 7.91. The maximum Gasteiger partial charge on any atom is 0.158 e. The third-order valence-electron chi connectivity index (χ3n) is 3.10. The second kappa shape index (κ2) is 5.19. The van der Waals surface area contributed by atoms with Crippen LogP contribution in [0.5, 0.6) is 0 Å². The van der Waals surface area contributed by atoms with Crippen LogP contribution in [0.15, 0.2) is 0 Å². The lowest BCUT2D eigenvalue weighted by Crippen LogP contribution is -2.45. The standard InChI is InChI=1S/C12H20ClN3O/c1-6-16-9(11(13)8(2)15-16)7-10(17)12(3,4)14-5/h14H,6-7H2,1-5H3. The highest BCUT2D eigenvalue weighted by molar-refractivity contribution is 6.32. The van der Waals surface area contributed by atoms with E-state index in [0.717, 1.165) is 17.9 Å². The second-order valence-electron chi connectivity index (χ2n) is 4.64. The second-order valence-corrected chi connectivity index (χ2v) is 5.01. The van der Waals surface area contributed by atoms with Gasteiger partial charge in [0.25, 0.3) is 0 Å². The molecule has 1 rings (SSSR count). The lowest BCUT2D eigenvalue weighted by Gasteiger charge is -2.22. The van der Waals surface area contributed by atoms with Crippen LogP contribution in [0, 0.1) is 6.92 Å². The monoisotopic (exact) mass is 257 g/mol. The van der Waals surface area contributed by atoms with Crippen molar-refractivity contribution in [3.63, 3.8) is 0 Å². The van der Waals surface area contributed by atoms with Gasteiger partial charge in [0.1, 0.15) is 0 Å². The molecule has 0 aliphatic rings. The molecule has 0 atom stereocenters. The van der Waals surface area contributed by atoms with Gasteiger partial charge in [0.2, 0.25) is 0 Å². The van der Waals surface area contributed by atoms with Crippen LogP contribution in [-0.4, -0.2) is 28.2 Å². The minimum Gasteiger partial charge on any atom is -0.308 e. The molecule has 0 unspecified atom stereocenters. The number of nitrogens with zero attached hydrogens (tertiary/aromatic N) is 2. The molecule has 0 radical (unpaired) electrons. The number of Topliss-reactive ketones (excluding diaryl/α,β-unsaturated/α-hetero) is 1. The van der Waals surface area contributed by atoms with Crippen LogP contribution in [-0.2, 0) is 17.8 Å². The van der Waals surface area contributed by atoms with Crippen molar-refractivity contribution in [1.82, 2.24) is 15.1 Å². The first-order chi connectivity index (χ1) is 7.83. The Bertz CT molecular complexity index is 424. The van der Waals surface area contributed by atoms with Crippen LogP contribution in [0.4, 0.5) is 0 Å². The summed E-state index contributed by atoms with van der Waals surface area (Å²) in [4.78, 5) is 12.1. The molecule has 0 aliphatic carbocycles. The van der Waals surface area contributed by atoms with E-state index in [-0.39, 0.29) is 5.78 Å². The van der Waals surface area contributed by atoms with Gasteiger partial charge in [-0.05, 0) is 34.7 Å². The smallest absolute Gasteiger partial charge is 0.158 e. The van der Waals surface area contributed by atoms with Crippen LogP contribution in [0.25, 0.3) is 0 Å². The first kappa shape index (κ1) is 14.2. The summed E-state index contributed by atoms with van der Waals surface area (Å²) in [6, 6.07) is 0. The summed E-state index contributed by atoms with van der Waals surface area (Å²) >= 11 is 6.17. The zero-order valence-electron chi connectivity index (χ0n) is 11.1. The summed E-state index contributed by atoms with van der Waals surface area (Å²) in [7, 11) is 1.78. The number of hydrogen-bond donors (Lipinski definition) is 1. The Kier molecular flexibility index (Phi) is 4.33. The van der Waals surface area contributed by atoms with Crippen LogP contribution in [0.3, 0.4) is 0 Å². The van der Waals surface area contributed by atoms with Gasteiger partial charge in [-0.2, -0.15) is 5.10 Å². The fourth-order valence-electron chi connectivity index (χ4n) is 1.55. The van der Waals surface area contributed by atoms with Crippen molar-refractivity contribution in [3.05, 3.63) is 16.4 Å². The normalized spacial score (nSPS) is 11.9. The third-order valence-corrected chi connectivity index (χ3v) is 3.59. The number of ketones is 1. The van der Waals surface area contributed by atoms with Gasteiger partial charge >= 0.3 is 0 Å². The van der Waals surface area contributed by atoms with Crippen molar-refractivity contribution in [3.8, 4) is 0 Å². The van der Waals surface area contributed by atoms with Crippen LogP contribution < -0.4 is 5.32 Å². The van der Waals surface area contributed by atoms with E-state index in [9.17, 15) is 4.79 Å². The minimum atomic E-state index is -0.542. The molecular weight excluding hydrogens is 238 g/mol. The third kappa shape index (κ3) is 2.87. The molecule has 0 amide bonds. The average molecular weight is 258 g/mol. The van der Waals surface area contributed by atoms with E-state index in [2.05, 4.69) is 10.4 Å². The predicted octanol–water partition coefficient (Wildman–Crippen LogP) is 1.97. The van der Waals surface area contributed by atoms with Crippen molar-refractivity contribution < 1.29 is 4.79 Å². The lowest BCUT2D eigenvalue weighted by molar-refractivity contribution is -0.123. The van der Waals surface area contributed by atoms with Crippen molar-refractivity contribution >= 4 is 17.4 Å². The SMILES string of the molecule is CCn1nc(C)c(Cl)c1CC(=O)C(C)(C)NC. The van der Waals surface area contributed by atoms with Crippen LogP contribution in [0.1, 0.15) is 32.2 Å². The molecule has 1 aromatic heterocycles. The largest absolute Gasteiger partial charge is 0.308 e. The average Bonchev–Trinajstić information content (AvgIpc) is 2.56. The van der Waals surface area contributed by atoms with E-state index in [4.69, 9.17) is 11.6 Å². The molecule has 1 heterocycles. The van der Waals surface area contributed by atoms with Gasteiger partial charge in [-0.15, -0.1) is 0 Å². The summed E-state index contributed by atoms with van der Waals surface area (Å²) in [5.74, 6) is 0.108. The number of rotatable bonds is 5. The van der Waals surface area contributed by atoms with Crippen LogP contribution >= 0.6 is 11.6 Å². The molecular formula is C12H20ClN3O. The molecule has 96 valence electrons. The predicted molar refractivity (Wildman–Crippen MR) is 69.5 cm³/mol. The Balaban J connectivity index is 2.99. The zero-order chi connectivity index (χ0) is 13.2. The van der Waals surface area contributed by atoms with Gasteiger partial charge in [-0.25, -0.2) is 0 Å². The number of hydrogen-bond acceptors (Lipinski definition) is 3. The number of likely N-dealkylation sites (N-methyl/N-ethyl adjacent to an activating group) is 1. The molecule has 17 heavy (non-hydrogen) atoms. The van der Waals surface area contributed by atoms with Gasteiger partial charge in [-0.1, -0.05) is 11.6 Å². The number of aromatic nitrogens is 2. The van der Waals surface area contributed by atoms with Gasteiger partial charge in [0.15, 0.2) is 5.78 Å². The number of carbonyl (C=O) groups excluding carboxylic acids is 1. The molecule has 0 saturated carbocycles. The van der Waals surface area contributed by atoms with Crippen molar-refractivity contribution in [2.45, 2.75) is 46.2 Å². The van der Waals surface area contributed by atoms with Gasteiger partial charge in [0.05, 0.1) is 28.4 Å². The van der Waals surface area contributed by atoms with E-state index in [1.165, 1.54) is 0 Å². The number of carbonyl (C=O) groups is 1. The summed E-state index contributed by atoms with van der Waals surface area (Å²) in [6.07, 6.45) is 0.307. The number of halogens is 1. The van der Waals surface area contributed by atoms with E-state index in [1.54, 1.807) is 11.7 Å². The number of nitrogens with one attached hydrogen (secondary N) is 1. The molecule has 0 saturated heterocycles. The summed E-state index contributed by atoms with van der Waals surface area (Å²) in [6.45, 7) is 8.29. The highest BCUT2D eigenvalue weighted by Gasteiger charge is 2.27. The quantitative estimate of drug-likeness (QED) is 0.877. The Morgan fingerprint density at radius 1 is 1.53 bits per heavy atom. The van der Waals surface area contributed by atoms with Crippen molar-refractivity contribution in [1.29, 1.82) is 0 Å². The Hall–Kier alpha value is -0.870.